The van der Waals surface area contributed by atoms with Crippen molar-refractivity contribution >= 4 is 32.1 Å². The largest absolute Gasteiger partial charge is 0.353 e. The molecule has 0 aromatic carbocycles. The molecule has 0 saturated carbocycles. The Morgan fingerprint density at radius 3 is 2.64 bits per heavy atom. The van der Waals surface area contributed by atoms with Crippen LogP contribution in [0.2, 0.25) is 0 Å². The van der Waals surface area contributed by atoms with E-state index < -0.39 is 0 Å². The van der Waals surface area contributed by atoms with E-state index in [4.69, 9.17) is 0 Å². The number of quaternary nitrogens is 1. The molecular weight excluding hydrogens is 174 g/mol. The molecule has 2 heterocycles. The zero-order valence-corrected chi connectivity index (χ0v) is 8.02. The predicted octanol–water partition coefficient (Wildman–Crippen LogP) is 2.01. The fourth-order valence-electron chi connectivity index (χ4n) is 1.13. The molecule has 0 saturated heterocycles. The van der Waals surface area contributed by atoms with Gasteiger partial charge in [-0.15, -0.1) is 22.7 Å². The van der Waals surface area contributed by atoms with Gasteiger partial charge in [-0.3, -0.25) is 0 Å². The fourth-order valence-corrected chi connectivity index (χ4v) is 3.37. The van der Waals surface area contributed by atoms with Gasteiger partial charge in [0.15, 0.2) is 0 Å². The van der Waals surface area contributed by atoms with E-state index in [9.17, 15) is 0 Å². The summed E-state index contributed by atoms with van der Waals surface area (Å²) < 4.78 is 2.84. The molecule has 0 unspecified atom stereocenters. The van der Waals surface area contributed by atoms with Crippen molar-refractivity contribution in [1.29, 1.82) is 0 Å². The third-order valence-electron chi connectivity index (χ3n) is 1.63. The van der Waals surface area contributed by atoms with Crippen molar-refractivity contribution in [1.82, 2.24) is 0 Å². The second-order valence-electron chi connectivity index (χ2n) is 2.55. The molecule has 58 valence electrons. The maximum absolute atomic E-state index is 3.87. The van der Waals surface area contributed by atoms with E-state index in [1.54, 1.807) is 0 Å². The minimum Gasteiger partial charge on any atom is -0.353 e. The molecule has 1 nitrogen and oxygen atoms in total. The Morgan fingerprint density at radius 1 is 1.27 bits per heavy atom. The number of aryl methyl sites for hydroxylation is 1. The van der Waals surface area contributed by atoms with Crippen molar-refractivity contribution < 1.29 is 5.73 Å². The molecule has 0 fully saturated rings. The Hall–Kier alpha value is -0.380. The number of fused-ring (bicyclic) bond motifs is 1. The van der Waals surface area contributed by atoms with Gasteiger partial charge >= 0.3 is 0 Å². The van der Waals surface area contributed by atoms with Crippen LogP contribution < -0.4 is 5.73 Å². The van der Waals surface area contributed by atoms with Crippen LogP contribution in [0.4, 0.5) is 0 Å². The van der Waals surface area contributed by atoms with Crippen LogP contribution in [0, 0.1) is 6.92 Å². The summed E-state index contributed by atoms with van der Waals surface area (Å²) in [5.74, 6) is 0. The lowest BCUT2D eigenvalue weighted by molar-refractivity contribution is -0.385. The fraction of sp³-hybridized carbons (Fsp3) is 0.250. The lowest BCUT2D eigenvalue weighted by Gasteiger charge is -1.79. The van der Waals surface area contributed by atoms with Gasteiger partial charge in [0, 0.05) is 14.3 Å². The summed E-state index contributed by atoms with van der Waals surface area (Å²) in [6.45, 7) is 3.08. The first-order valence-corrected chi connectivity index (χ1v) is 5.21. The highest BCUT2D eigenvalue weighted by Gasteiger charge is 2.03. The minimum absolute atomic E-state index is 0.922. The Kier molecular flexibility index (Phi) is 1.71. The summed E-state index contributed by atoms with van der Waals surface area (Å²) in [6, 6.07) is 4.51. The highest BCUT2D eigenvalue weighted by Crippen LogP contribution is 2.32. The molecule has 3 N–H and O–H groups in total. The maximum Gasteiger partial charge on any atom is 0.109 e. The zero-order chi connectivity index (χ0) is 7.84. The molecule has 2 rings (SSSR count). The summed E-state index contributed by atoms with van der Waals surface area (Å²) in [4.78, 5) is 2.80. The summed E-state index contributed by atoms with van der Waals surface area (Å²) in [6.07, 6.45) is 0. The molecule has 0 amide bonds. The van der Waals surface area contributed by atoms with E-state index in [1.807, 2.05) is 22.7 Å². The number of rotatable bonds is 1. The Morgan fingerprint density at radius 2 is 2.00 bits per heavy atom. The van der Waals surface area contributed by atoms with Gasteiger partial charge in [0.1, 0.15) is 6.54 Å². The molecule has 0 atom stereocenters. The highest BCUT2D eigenvalue weighted by atomic mass is 32.1. The topological polar surface area (TPSA) is 27.6 Å². The van der Waals surface area contributed by atoms with E-state index in [0.717, 1.165) is 6.54 Å². The van der Waals surface area contributed by atoms with Crippen LogP contribution in [0.25, 0.3) is 9.40 Å². The quantitative estimate of drug-likeness (QED) is 0.702. The second kappa shape index (κ2) is 2.59. The van der Waals surface area contributed by atoms with E-state index >= 15 is 0 Å². The smallest absolute Gasteiger partial charge is 0.109 e. The number of thiophene rings is 2. The van der Waals surface area contributed by atoms with Gasteiger partial charge < -0.3 is 5.73 Å². The molecule has 0 bridgehead atoms. The molecule has 0 spiro atoms. The van der Waals surface area contributed by atoms with Crippen LogP contribution in [0.3, 0.4) is 0 Å². The van der Waals surface area contributed by atoms with Crippen molar-refractivity contribution in [3.63, 3.8) is 0 Å². The number of hydrogen-bond acceptors (Lipinski definition) is 2. The van der Waals surface area contributed by atoms with E-state index in [1.165, 1.54) is 19.2 Å². The van der Waals surface area contributed by atoms with Crippen LogP contribution >= 0.6 is 22.7 Å². The van der Waals surface area contributed by atoms with Crippen LogP contribution in [0.15, 0.2) is 12.1 Å². The molecule has 0 aliphatic heterocycles. The molecule has 11 heavy (non-hydrogen) atoms. The lowest BCUT2D eigenvalue weighted by Crippen LogP contribution is -2.47. The molecule has 2 aromatic heterocycles. The standard InChI is InChI=1S/C8H9NS2/c1-5-2-7-8(10-5)3-6(4-9)11-7/h2-3H,4,9H2,1H3/p+1. The summed E-state index contributed by atoms with van der Waals surface area (Å²) in [7, 11) is 0. The Bertz CT molecular complexity index is 341. The van der Waals surface area contributed by atoms with Crippen LogP contribution in [-0.2, 0) is 6.54 Å². The van der Waals surface area contributed by atoms with E-state index in [0.29, 0.717) is 0 Å². The molecule has 3 heteroatoms. The monoisotopic (exact) mass is 184 g/mol. The van der Waals surface area contributed by atoms with Crippen LogP contribution in [0.5, 0.6) is 0 Å². The van der Waals surface area contributed by atoms with Gasteiger partial charge in [0.05, 0.1) is 4.88 Å². The van der Waals surface area contributed by atoms with Gasteiger partial charge in [-0.05, 0) is 19.1 Å². The van der Waals surface area contributed by atoms with Crippen molar-refractivity contribution in [2.24, 2.45) is 0 Å². The zero-order valence-electron chi connectivity index (χ0n) is 6.39. The maximum atomic E-state index is 3.87. The number of hydrogen-bond donors (Lipinski definition) is 1. The normalized spacial score (nSPS) is 11.1. The molecule has 2 aromatic rings. The van der Waals surface area contributed by atoms with Gasteiger partial charge in [-0.2, -0.15) is 0 Å². The Balaban J connectivity index is 2.64. The third kappa shape index (κ3) is 1.20. The first-order valence-electron chi connectivity index (χ1n) is 3.57. The summed E-state index contributed by atoms with van der Waals surface area (Å²) in [5, 5.41) is 0. The minimum atomic E-state index is 0.922. The van der Waals surface area contributed by atoms with Crippen LogP contribution in [0.1, 0.15) is 9.75 Å². The SMILES string of the molecule is Cc1cc2sc(C[NH3+])cc2s1. The second-order valence-corrected chi connectivity index (χ2v) is 5.00. The van der Waals surface area contributed by atoms with E-state index in [-0.39, 0.29) is 0 Å². The molecule has 0 radical (unpaired) electrons. The van der Waals surface area contributed by atoms with Gasteiger partial charge in [-0.1, -0.05) is 0 Å². The summed E-state index contributed by atoms with van der Waals surface area (Å²) >= 11 is 3.74. The molecule has 0 aliphatic rings. The Labute approximate surface area is 73.5 Å². The predicted molar refractivity (Wildman–Crippen MR) is 51.0 cm³/mol. The highest BCUT2D eigenvalue weighted by molar-refractivity contribution is 7.27. The third-order valence-corrected chi connectivity index (χ3v) is 3.90. The average Bonchev–Trinajstić information content (AvgIpc) is 2.43. The van der Waals surface area contributed by atoms with E-state index in [2.05, 4.69) is 24.8 Å². The van der Waals surface area contributed by atoms with Crippen LogP contribution in [-0.4, -0.2) is 0 Å². The average molecular weight is 184 g/mol. The van der Waals surface area contributed by atoms with Crippen molar-refractivity contribution in [2.75, 3.05) is 0 Å². The van der Waals surface area contributed by atoms with Gasteiger partial charge in [0.2, 0.25) is 0 Å². The first-order chi connectivity index (χ1) is 5.29. The van der Waals surface area contributed by atoms with Crippen molar-refractivity contribution in [2.45, 2.75) is 13.5 Å². The van der Waals surface area contributed by atoms with Gasteiger partial charge in [0.25, 0.3) is 0 Å². The summed E-state index contributed by atoms with van der Waals surface area (Å²) in [5.41, 5.74) is 3.87. The molecular formula is C8H10NS2+. The lowest BCUT2D eigenvalue weighted by atomic mass is 10.4. The van der Waals surface area contributed by atoms with Crippen molar-refractivity contribution in [3.8, 4) is 0 Å². The van der Waals surface area contributed by atoms with Gasteiger partial charge in [-0.25, -0.2) is 0 Å². The van der Waals surface area contributed by atoms with Crippen molar-refractivity contribution in [3.05, 3.63) is 21.9 Å². The molecule has 0 aliphatic carbocycles. The first kappa shape index (κ1) is 7.28.